The van der Waals surface area contributed by atoms with E-state index < -0.39 is 17.4 Å². The minimum Gasteiger partial charge on any atom is -0.295 e. The molecule has 0 aliphatic rings. The van der Waals surface area contributed by atoms with Gasteiger partial charge in [0.05, 0.1) is 5.57 Å². The van der Waals surface area contributed by atoms with Crippen molar-refractivity contribution < 1.29 is 13.6 Å². The van der Waals surface area contributed by atoms with E-state index in [0.717, 1.165) is 13.8 Å². The Kier molecular flexibility index (Phi) is 2.31. The van der Waals surface area contributed by atoms with Gasteiger partial charge in [0.25, 0.3) is 6.08 Å². The van der Waals surface area contributed by atoms with Crippen LogP contribution in [0.3, 0.4) is 0 Å². The van der Waals surface area contributed by atoms with Crippen LogP contribution < -0.4 is 0 Å². The van der Waals surface area contributed by atoms with Gasteiger partial charge < -0.3 is 0 Å². The third kappa shape index (κ3) is 1.82. The predicted molar refractivity (Wildman–Crippen MR) is 25.6 cm³/mol. The minimum absolute atomic E-state index is 0.454. The molecule has 0 rings (SSSR count). The highest BCUT2D eigenvalue weighted by Crippen LogP contribution is 2.06. The summed E-state index contributed by atoms with van der Waals surface area (Å²) in [6.45, 7) is 2.20. The molecule has 8 heavy (non-hydrogen) atoms. The molecule has 0 spiro atoms. The first-order chi connectivity index (χ1) is 3.55. The third-order valence-electron chi connectivity index (χ3n) is 0.812. The second kappa shape index (κ2) is 2.55. The number of carbonyl (C=O) groups is 1. The van der Waals surface area contributed by atoms with E-state index in [0.29, 0.717) is 0 Å². The van der Waals surface area contributed by atoms with Crippen LogP contribution in [0.5, 0.6) is 0 Å². The number of rotatable bonds is 1. The van der Waals surface area contributed by atoms with E-state index in [1.54, 1.807) is 0 Å². The van der Waals surface area contributed by atoms with Crippen molar-refractivity contribution in [3.8, 4) is 0 Å². The highest BCUT2D eigenvalue weighted by atomic mass is 19.3. The fourth-order valence-electron chi connectivity index (χ4n) is 0.133. The molecule has 3 heteroatoms. The zero-order valence-corrected chi connectivity index (χ0v) is 4.66. The van der Waals surface area contributed by atoms with Gasteiger partial charge in [0, 0.05) is 0 Å². The summed E-state index contributed by atoms with van der Waals surface area (Å²) in [5.41, 5.74) is -0.454. The first-order valence-corrected chi connectivity index (χ1v) is 2.08. The molecule has 0 fully saturated rings. The summed E-state index contributed by atoms with van der Waals surface area (Å²) in [6, 6.07) is 0. The molecule has 1 nitrogen and oxygen atoms in total. The van der Waals surface area contributed by atoms with Gasteiger partial charge in [-0.3, -0.25) is 4.79 Å². The molecule has 0 aromatic rings. The van der Waals surface area contributed by atoms with Crippen LogP contribution in [0.1, 0.15) is 13.8 Å². The second-order valence-electron chi connectivity index (χ2n) is 1.44. The largest absolute Gasteiger partial charge is 0.295 e. The molecule has 0 saturated heterocycles. The standard InChI is InChI=1S/C5H6F2O/c1-3(4(2)8)5(6)7/h1-2H3. The van der Waals surface area contributed by atoms with Crippen LogP contribution in [0, 0.1) is 0 Å². The van der Waals surface area contributed by atoms with Gasteiger partial charge in [-0.05, 0) is 13.8 Å². The van der Waals surface area contributed by atoms with Crippen LogP contribution in [0.2, 0.25) is 0 Å². The fraction of sp³-hybridized carbons (Fsp3) is 0.400. The lowest BCUT2D eigenvalue weighted by molar-refractivity contribution is -0.113. The molecule has 0 atom stereocenters. The van der Waals surface area contributed by atoms with E-state index in [1.807, 2.05) is 0 Å². The lowest BCUT2D eigenvalue weighted by Gasteiger charge is -1.86. The van der Waals surface area contributed by atoms with Crippen LogP contribution in [-0.4, -0.2) is 5.78 Å². The topological polar surface area (TPSA) is 17.1 Å². The van der Waals surface area contributed by atoms with Crippen LogP contribution in [0.4, 0.5) is 8.78 Å². The lowest BCUT2D eigenvalue weighted by Crippen LogP contribution is -1.91. The van der Waals surface area contributed by atoms with Crippen LogP contribution in [0.25, 0.3) is 0 Å². The molecule has 0 saturated carbocycles. The van der Waals surface area contributed by atoms with Gasteiger partial charge in [-0.2, -0.15) is 8.78 Å². The van der Waals surface area contributed by atoms with E-state index in [4.69, 9.17) is 0 Å². The second-order valence-corrected chi connectivity index (χ2v) is 1.44. The molecular formula is C5H6F2O. The number of ketones is 1. The van der Waals surface area contributed by atoms with E-state index in [9.17, 15) is 13.6 Å². The first kappa shape index (κ1) is 7.27. The van der Waals surface area contributed by atoms with Crippen molar-refractivity contribution in [1.29, 1.82) is 0 Å². The number of hydrogen-bond donors (Lipinski definition) is 0. The van der Waals surface area contributed by atoms with Gasteiger partial charge in [-0.1, -0.05) is 0 Å². The SMILES string of the molecule is CC(=O)C(C)=C(F)F. The van der Waals surface area contributed by atoms with Crippen LogP contribution in [0.15, 0.2) is 11.7 Å². The Morgan fingerprint density at radius 2 is 1.62 bits per heavy atom. The molecule has 0 aromatic heterocycles. The molecule has 0 amide bonds. The monoisotopic (exact) mass is 120 g/mol. The van der Waals surface area contributed by atoms with Gasteiger partial charge >= 0.3 is 0 Å². The van der Waals surface area contributed by atoms with E-state index in [2.05, 4.69) is 0 Å². The molecule has 0 bridgehead atoms. The highest BCUT2D eigenvalue weighted by Gasteiger charge is 2.02. The van der Waals surface area contributed by atoms with Gasteiger partial charge in [0.15, 0.2) is 5.78 Å². The third-order valence-corrected chi connectivity index (χ3v) is 0.812. The zero-order chi connectivity index (χ0) is 6.73. The van der Waals surface area contributed by atoms with E-state index >= 15 is 0 Å². The van der Waals surface area contributed by atoms with E-state index in [-0.39, 0.29) is 0 Å². The number of allylic oxidation sites excluding steroid dienone is 1. The summed E-state index contributed by atoms with van der Waals surface area (Å²) < 4.78 is 22.7. The predicted octanol–water partition coefficient (Wildman–Crippen LogP) is 1.75. The maximum Gasteiger partial charge on any atom is 0.276 e. The Bertz CT molecular complexity index is 133. The highest BCUT2D eigenvalue weighted by molar-refractivity contribution is 5.92. The molecule has 0 N–H and O–H groups in total. The number of carbonyl (C=O) groups excluding carboxylic acids is 1. The minimum atomic E-state index is -1.89. The number of hydrogen-bond acceptors (Lipinski definition) is 1. The molecule has 0 aromatic carbocycles. The van der Waals surface area contributed by atoms with Crippen molar-refractivity contribution >= 4 is 5.78 Å². The summed E-state index contributed by atoms with van der Waals surface area (Å²) in [5.74, 6) is -0.579. The summed E-state index contributed by atoms with van der Waals surface area (Å²) in [7, 11) is 0. The van der Waals surface area contributed by atoms with Crippen molar-refractivity contribution in [3.63, 3.8) is 0 Å². The van der Waals surface area contributed by atoms with Crippen molar-refractivity contribution in [2.45, 2.75) is 13.8 Å². The molecular weight excluding hydrogens is 114 g/mol. The summed E-state index contributed by atoms with van der Waals surface area (Å²) in [4.78, 5) is 10.0. The van der Waals surface area contributed by atoms with Gasteiger partial charge in [-0.15, -0.1) is 0 Å². The maximum atomic E-state index is 11.3. The molecule has 0 aliphatic carbocycles. The van der Waals surface area contributed by atoms with Crippen LogP contribution in [-0.2, 0) is 4.79 Å². The van der Waals surface area contributed by atoms with Crippen molar-refractivity contribution in [2.24, 2.45) is 0 Å². The van der Waals surface area contributed by atoms with Crippen LogP contribution >= 0.6 is 0 Å². The summed E-state index contributed by atoms with van der Waals surface area (Å²) in [6.07, 6.45) is -1.89. The van der Waals surface area contributed by atoms with Crippen molar-refractivity contribution in [3.05, 3.63) is 11.7 Å². The summed E-state index contributed by atoms with van der Waals surface area (Å²) in [5, 5.41) is 0. The first-order valence-electron chi connectivity index (χ1n) is 2.08. The molecule has 0 heterocycles. The van der Waals surface area contributed by atoms with Crippen molar-refractivity contribution in [1.82, 2.24) is 0 Å². The van der Waals surface area contributed by atoms with Gasteiger partial charge in [0.2, 0.25) is 0 Å². The Morgan fingerprint density at radius 1 is 1.25 bits per heavy atom. The van der Waals surface area contributed by atoms with Gasteiger partial charge in [-0.25, -0.2) is 0 Å². The molecule has 0 radical (unpaired) electrons. The quantitative estimate of drug-likeness (QED) is 0.482. The van der Waals surface area contributed by atoms with Crippen molar-refractivity contribution in [2.75, 3.05) is 0 Å². The Labute approximate surface area is 46.0 Å². The van der Waals surface area contributed by atoms with E-state index in [1.165, 1.54) is 0 Å². The molecule has 0 aliphatic heterocycles. The number of halogens is 2. The molecule has 46 valence electrons. The molecule has 0 unspecified atom stereocenters. The average Bonchev–Trinajstić information content (AvgIpc) is 1.64. The maximum absolute atomic E-state index is 11.3. The average molecular weight is 120 g/mol. The normalized spacial score (nSPS) is 8.50. The zero-order valence-electron chi connectivity index (χ0n) is 4.66. The number of Topliss-reactive ketones (excluding diaryl/α,β-unsaturated/α-hetero) is 1. The Morgan fingerprint density at radius 3 is 1.62 bits per heavy atom. The Hall–Kier alpha value is -0.730. The Balaban J connectivity index is 4.23. The summed E-state index contributed by atoms with van der Waals surface area (Å²) >= 11 is 0. The van der Waals surface area contributed by atoms with Gasteiger partial charge in [0.1, 0.15) is 0 Å². The fourth-order valence-corrected chi connectivity index (χ4v) is 0.133. The lowest BCUT2D eigenvalue weighted by atomic mass is 10.2. The smallest absolute Gasteiger partial charge is 0.276 e.